The number of nitrogens with zero attached hydrogens (tertiary/aromatic N) is 3. The Morgan fingerprint density at radius 2 is 2.06 bits per heavy atom. The molecule has 0 radical (unpaired) electrons. The maximum atomic E-state index is 13.5. The molecule has 0 fully saturated rings. The molecule has 0 aliphatic heterocycles. The third-order valence-corrected chi connectivity index (χ3v) is 2.06. The lowest BCUT2D eigenvalue weighted by Gasteiger charge is -2.05. The summed E-state index contributed by atoms with van der Waals surface area (Å²) in [5, 5.41) is 2.86. The molecule has 0 aromatic carbocycles. The monoisotopic (exact) mass is 236 g/mol. The zero-order valence-corrected chi connectivity index (χ0v) is 9.11. The highest BCUT2D eigenvalue weighted by Gasteiger charge is 2.10. The Morgan fingerprint density at radius 1 is 1.24 bits per heavy atom. The van der Waals surface area contributed by atoms with Crippen molar-refractivity contribution in [3.05, 3.63) is 36.3 Å². The van der Waals surface area contributed by atoms with E-state index in [4.69, 9.17) is 0 Å². The van der Waals surface area contributed by atoms with Gasteiger partial charge in [-0.3, -0.25) is 4.98 Å². The minimum atomic E-state index is -0.612. The number of hydrogen-bond acceptors (Lipinski definition) is 4. The summed E-state index contributed by atoms with van der Waals surface area (Å²) in [4.78, 5) is 11.4. The van der Waals surface area contributed by atoms with E-state index in [1.54, 1.807) is 0 Å². The Balaban J connectivity index is 2.46. The van der Waals surface area contributed by atoms with E-state index in [1.165, 1.54) is 12.3 Å². The van der Waals surface area contributed by atoms with Crippen LogP contribution in [-0.4, -0.2) is 21.5 Å². The maximum absolute atomic E-state index is 13.5. The molecule has 1 N–H and O–H groups in total. The largest absolute Gasteiger partial charge is 0.354 e. The summed E-state index contributed by atoms with van der Waals surface area (Å²) >= 11 is 0. The molecule has 0 amide bonds. The second-order valence-corrected chi connectivity index (χ2v) is 3.31. The fraction of sp³-hybridized carbons (Fsp3) is 0.182. The molecule has 2 aromatic heterocycles. The molecule has 4 nitrogen and oxygen atoms in total. The quantitative estimate of drug-likeness (QED) is 0.888. The number of hydrogen-bond donors (Lipinski definition) is 1. The molecule has 0 saturated carbocycles. The average molecular weight is 236 g/mol. The van der Waals surface area contributed by atoms with Gasteiger partial charge in [0.25, 0.3) is 0 Å². The van der Waals surface area contributed by atoms with E-state index in [9.17, 15) is 8.78 Å². The van der Waals surface area contributed by atoms with E-state index < -0.39 is 11.6 Å². The number of pyridine rings is 1. The highest BCUT2D eigenvalue weighted by molar-refractivity contribution is 5.59. The lowest BCUT2D eigenvalue weighted by Crippen LogP contribution is -2.04. The van der Waals surface area contributed by atoms with E-state index in [1.807, 2.05) is 6.92 Å². The van der Waals surface area contributed by atoms with Crippen molar-refractivity contribution >= 4 is 5.95 Å². The van der Waals surface area contributed by atoms with E-state index >= 15 is 0 Å². The Morgan fingerprint density at radius 3 is 2.76 bits per heavy atom. The van der Waals surface area contributed by atoms with Crippen molar-refractivity contribution in [1.82, 2.24) is 15.0 Å². The second-order valence-electron chi connectivity index (χ2n) is 3.31. The van der Waals surface area contributed by atoms with Crippen LogP contribution in [0.1, 0.15) is 6.92 Å². The minimum absolute atomic E-state index is 0.0305. The first kappa shape index (κ1) is 11.4. The average Bonchev–Trinajstić information content (AvgIpc) is 2.32. The fourth-order valence-electron chi connectivity index (χ4n) is 1.35. The van der Waals surface area contributed by atoms with Gasteiger partial charge in [-0.05, 0) is 13.0 Å². The molecule has 0 spiro atoms. The van der Waals surface area contributed by atoms with Gasteiger partial charge in [-0.25, -0.2) is 18.7 Å². The van der Waals surface area contributed by atoms with Gasteiger partial charge in [0.05, 0.1) is 12.4 Å². The molecule has 0 aliphatic rings. The van der Waals surface area contributed by atoms with Crippen LogP contribution in [0.2, 0.25) is 0 Å². The summed E-state index contributed by atoms with van der Waals surface area (Å²) < 4.78 is 26.5. The van der Waals surface area contributed by atoms with Crippen LogP contribution in [0.3, 0.4) is 0 Å². The third-order valence-electron chi connectivity index (χ3n) is 2.06. The van der Waals surface area contributed by atoms with Gasteiger partial charge in [-0.1, -0.05) is 0 Å². The first-order chi connectivity index (χ1) is 8.20. The number of nitrogens with one attached hydrogen (secondary N) is 1. The lowest BCUT2D eigenvalue weighted by molar-refractivity contribution is 0.613. The summed E-state index contributed by atoms with van der Waals surface area (Å²) in [5.74, 6) is -0.849. The standard InChI is InChI=1S/C11H10F2N4/c1-2-15-11-16-6-9(13)10(17-11)7-3-8(12)5-14-4-7/h3-6H,2H2,1H3,(H,15,16,17). The molecule has 88 valence electrons. The van der Waals surface area contributed by atoms with Crippen LogP contribution >= 0.6 is 0 Å². The summed E-state index contributed by atoms with van der Waals surface area (Å²) in [7, 11) is 0. The molecule has 0 saturated heterocycles. The second kappa shape index (κ2) is 4.82. The van der Waals surface area contributed by atoms with Crippen LogP contribution in [0.15, 0.2) is 24.7 Å². The summed E-state index contributed by atoms with van der Waals surface area (Å²) in [6.45, 7) is 2.49. The molecule has 17 heavy (non-hydrogen) atoms. The van der Waals surface area contributed by atoms with Crippen molar-refractivity contribution in [2.75, 3.05) is 11.9 Å². The van der Waals surface area contributed by atoms with Gasteiger partial charge >= 0.3 is 0 Å². The summed E-state index contributed by atoms with van der Waals surface area (Å²) in [6, 6.07) is 1.17. The van der Waals surface area contributed by atoms with Gasteiger partial charge < -0.3 is 5.32 Å². The Bertz CT molecular complexity index is 531. The summed E-state index contributed by atoms with van der Waals surface area (Å²) in [5.41, 5.74) is 0.312. The van der Waals surface area contributed by atoms with E-state index in [0.717, 1.165) is 12.4 Å². The third kappa shape index (κ3) is 2.52. The van der Waals surface area contributed by atoms with Crippen LogP contribution < -0.4 is 5.32 Å². The van der Waals surface area contributed by atoms with Crippen LogP contribution in [0.25, 0.3) is 11.3 Å². The molecular weight excluding hydrogens is 226 g/mol. The van der Waals surface area contributed by atoms with Crippen LogP contribution in [-0.2, 0) is 0 Å². The Hall–Kier alpha value is -2.11. The number of anilines is 1. The van der Waals surface area contributed by atoms with Crippen molar-refractivity contribution in [2.45, 2.75) is 6.92 Å². The van der Waals surface area contributed by atoms with Crippen LogP contribution in [0, 0.1) is 11.6 Å². The highest BCUT2D eigenvalue weighted by atomic mass is 19.1. The van der Waals surface area contributed by atoms with Crippen LogP contribution in [0.4, 0.5) is 14.7 Å². The van der Waals surface area contributed by atoms with Crippen LogP contribution in [0.5, 0.6) is 0 Å². The SMILES string of the molecule is CCNc1ncc(F)c(-c2cncc(F)c2)n1. The lowest BCUT2D eigenvalue weighted by atomic mass is 10.2. The van der Waals surface area contributed by atoms with Gasteiger partial charge in [0.15, 0.2) is 5.82 Å². The molecule has 0 atom stereocenters. The normalized spacial score (nSPS) is 10.3. The van der Waals surface area contributed by atoms with Crippen molar-refractivity contribution in [3.8, 4) is 11.3 Å². The Kier molecular flexibility index (Phi) is 3.22. The van der Waals surface area contributed by atoms with Crippen molar-refractivity contribution in [2.24, 2.45) is 0 Å². The molecule has 0 aliphatic carbocycles. The molecule has 0 unspecified atom stereocenters. The van der Waals surface area contributed by atoms with Gasteiger partial charge in [-0.2, -0.15) is 0 Å². The smallest absolute Gasteiger partial charge is 0.223 e. The van der Waals surface area contributed by atoms with Gasteiger partial charge in [-0.15, -0.1) is 0 Å². The first-order valence-electron chi connectivity index (χ1n) is 5.08. The number of rotatable bonds is 3. The van der Waals surface area contributed by atoms with E-state index in [-0.39, 0.29) is 11.3 Å². The molecule has 2 rings (SSSR count). The van der Waals surface area contributed by atoms with Gasteiger partial charge in [0.1, 0.15) is 11.5 Å². The van der Waals surface area contributed by atoms with E-state index in [2.05, 4.69) is 20.3 Å². The first-order valence-corrected chi connectivity index (χ1v) is 5.08. The summed E-state index contributed by atoms with van der Waals surface area (Å²) in [6.07, 6.45) is 3.45. The predicted molar refractivity (Wildman–Crippen MR) is 59.3 cm³/mol. The fourth-order valence-corrected chi connectivity index (χ4v) is 1.35. The van der Waals surface area contributed by atoms with Gasteiger partial charge in [0, 0.05) is 18.3 Å². The van der Waals surface area contributed by atoms with Crippen molar-refractivity contribution in [3.63, 3.8) is 0 Å². The topological polar surface area (TPSA) is 50.7 Å². The Labute approximate surface area is 96.8 Å². The zero-order chi connectivity index (χ0) is 12.3. The number of halogens is 2. The van der Waals surface area contributed by atoms with Gasteiger partial charge in [0.2, 0.25) is 5.95 Å². The van der Waals surface area contributed by atoms with E-state index in [0.29, 0.717) is 12.5 Å². The van der Waals surface area contributed by atoms with Crippen molar-refractivity contribution < 1.29 is 8.78 Å². The molecule has 2 heterocycles. The highest BCUT2D eigenvalue weighted by Crippen LogP contribution is 2.20. The maximum Gasteiger partial charge on any atom is 0.223 e. The molecule has 6 heteroatoms. The molecular formula is C11H10F2N4. The number of aromatic nitrogens is 3. The minimum Gasteiger partial charge on any atom is -0.354 e. The molecule has 0 bridgehead atoms. The molecule has 2 aromatic rings. The zero-order valence-electron chi connectivity index (χ0n) is 9.11. The van der Waals surface area contributed by atoms with Crippen molar-refractivity contribution in [1.29, 1.82) is 0 Å². The predicted octanol–water partition coefficient (Wildman–Crippen LogP) is 2.25.